The standard InChI is InChI=1S/C18H16N4O2/c19-17(23)11-7-8-15-13(9-11)16(22-21-15)12-3-1-2-4-14(12)20-18(24)10-5-6-10/h1-4,7-10H,5-6H2,(H2,19,23)(H,20,24)(H,21,22). The van der Waals surface area contributed by atoms with Crippen LogP contribution in [0.1, 0.15) is 23.2 Å². The zero-order valence-electron chi connectivity index (χ0n) is 12.9. The summed E-state index contributed by atoms with van der Waals surface area (Å²) in [6.07, 6.45) is 1.89. The van der Waals surface area contributed by atoms with Gasteiger partial charge in [-0.15, -0.1) is 0 Å². The lowest BCUT2D eigenvalue weighted by Gasteiger charge is -2.09. The van der Waals surface area contributed by atoms with E-state index in [4.69, 9.17) is 5.73 Å². The van der Waals surface area contributed by atoms with Crippen molar-refractivity contribution < 1.29 is 9.59 Å². The van der Waals surface area contributed by atoms with Gasteiger partial charge in [-0.3, -0.25) is 14.7 Å². The Labute approximate surface area is 138 Å². The molecular weight excluding hydrogens is 304 g/mol. The first-order valence-corrected chi connectivity index (χ1v) is 7.81. The lowest BCUT2D eigenvalue weighted by molar-refractivity contribution is -0.117. The molecule has 6 heteroatoms. The number of benzene rings is 2. The van der Waals surface area contributed by atoms with Gasteiger partial charge < -0.3 is 11.1 Å². The monoisotopic (exact) mass is 320 g/mol. The first-order chi connectivity index (χ1) is 11.6. The van der Waals surface area contributed by atoms with Crippen LogP contribution < -0.4 is 11.1 Å². The minimum absolute atomic E-state index is 0.0418. The van der Waals surface area contributed by atoms with Crippen LogP contribution in [0.25, 0.3) is 22.2 Å². The van der Waals surface area contributed by atoms with E-state index in [9.17, 15) is 9.59 Å². The fourth-order valence-electron chi connectivity index (χ4n) is 2.75. The molecule has 0 saturated heterocycles. The van der Waals surface area contributed by atoms with E-state index in [0.717, 1.165) is 29.3 Å². The van der Waals surface area contributed by atoms with Gasteiger partial charge in [0, 0.05) is 22.4 Å². The van der Waals surface area contributed by atoms with Crippen molar-refractivity contribution in [3.8, 4) is 11.3 Å². The number of hydrogen-bond donors (Lipinski definition) is 3. The fraction of sp³-hybridized carbons (Fsp3) is 0.167. The van der Waals surface area contributed by atoms with Crippen LogP contribution in [-0.2, 0) is 4.79 Å². The van der Waals surface area contributed by atoms with Gasteiger partial charge in [0.25, 0.3) is 0 Å². The van der Waals surface area contributed by atoms with Gasteiger partial charge in [0.15, 0.2) is 0 Å². The van der Waals surface area contributed by atoms with Crippen molar-refractivity contribution in [1.29, 1.82) is 0 Å². The quantitative estimate of drug-likeness (QED) is 0.689. The summed E-state index contributed by atoms with van der Waals surface area (Å²) in [5.41, 5.74) is 8.80. The number of aromatic amines is 1. The van der Waals surface area contributed by atoms with Gasteiger partial charge in [0.2, 0.25) is 11.8 Å². The second-order valence-corrected chi connectivity index (χ2v) is 6.01. The highest BCUT2D eigenvalue weighted by Gasteiger charge is 2.30. The molecule has 4 rings (SSSR count). The molecule has 3 aromatic rings. The van der Waals surface area contributed by atoms with E-state index >= 15 is 0 Å². The summed E-state index contributed by atoms with van der Waals surface area (Å²) < 4.78 is 0. The molecule has 0 radical (unpaired) electrons. The van der Waals surface area contributed by atoms with Gasteiger partial charge in [-0.2, -0.15) is 5.10 Å². The number of carbonyl (C=O) groups excluding carboxylic acids is 2. The summed E-state index contributed by atoms with van der Waals surface area (Å²) in [5, 5.41) is 11.1. The summed E-state index contributed by atoms with van der Waals surface area (Å²) >= 11 is 0. The van der Waals surface area contributed by atoms with Gasteiger partial charge >= 0.3 is 0 Å². The van der Waals surface area contributed by atoms with Gasteiger partial charge in [-0.25, -0.2) is 0 Å². The second-order valence-electron chi connectivity index (χ2n) is 6.01. The van der Waals surface area contributed by atoms with Gasteiger partial charge in [-0.05, 0) is 37.1 Å². The summed E-state index contributed by atoms with van der Waals surface area (Å²) in [4.78, 5) is 23.5. The average molecular weight is 320 g/mol. The Hall–Kier alpha value is -3.15. The van der Waals surface area contributed by atoms with E-state index in [2.05, 4.69) is 15.5 Å². The highest BCUT2D eigenvalue weighted by molar-refractivity contribution is 6.04. The molecule has 2 amide bonds. The third kappa shape index (κ3) is 2.52. The lowest BCUT2D eigenvalue weighted by atomic mass is 10.0. The number of H-pyrrole nitrogens is 1. The predicted molar refractivity (Wildman–Crippen MR) is 91.4 cm³/mol. The Bertz CT molecular complexity index is 957. The third-order valence-electron chi connectivity index (χ3n) is 4.24. The Morgan fingerprint density at radius 3 is 2.71 bits per heavy atom. The molecule has 1 aromatic heterocycles. The molecule has 1 fully saturated rings. The molecule has 1 aliphatic rings. The van der Waals surface area contributed by atoms with Crippen molar-refractivity contribution in [2.75, 3.05) is 5.32 Å². The van der Waals surface area contributed by atoms with Crippen LogP contribution in [0.15, 0.2) is 42.5 Å². The van der Waals surface area contributed by atoms with Crippen LogP contribution in [0, 0.1) is 5.92 Å². The number of rotatable bonds is 4. The third-order valence-corrected chi connectivity index (χ3v) is 4.24. The number of para-hydroxylation sites is 1. The fourth-order valence-corrected chi connectivity index (χ4v) is 2.75. The van der Waals surface area contributed by atoms with Crippen molar-refractivity contribution in [3.63, 3.8) is 0 Å². The molecule has 1 saturated carbocycles. The van der Waals surface area contributed by atoms with E-state index in [0.29, 0.717) is 16.9 Å². The molecule has 1 heterocycles. The number of nitrogens with zero attached hydrogens (tertiary/aromatic N) is 1. The van der Waals surface area contributed by atoms with Gasteiger partial charge in [0.05, 0.1) is 11.2 Å². The van der Waals surface area contributed by atoms with Gasteiger partial charge in [-0.1, -0.05) is 18.2 Å². The summed E-state index contributed by atoms with van der Waals surface area (Å²) in [7, 11) is 0. The maximum atomic E-state index is 12.1. The topological polar surface area (TPSA) is 101 Å². The number of amides is 2. The van der Waals surface area contributed by atoms with Crippen molar-refractivity contribution in [1.82, 2.24) is 10.2 Å². The summed E-state index contributed by atoms with van der Waals surface area (Å²) in [6, 6.07) is 12.7. The number of nitrogens with two attached hydrogens (primary N) is 1. The zero-order chi connectivity index (χ0) is 16.7. The molecule has 0 spiro atoms. The van der Waals surface area contributed by atoms with Crippen molar-refractivity contribution >= 4 is 28.4 Å². The van der Waals surface area contributed by atoms with E-state index in [1.165, 1.54) is 0 Å². The number of primary amides is 1. The zero-order valence-corrected chi connectivity index (χ0v) is 12.9. The molecule has 1 aliphatic carbocycles. The Balaban J connectivity index is 1.81. The molecule has 0 atom stereocenters. The molecule has 6 nitrogen and oxygen atoms in total. The number of aromatic nitrogens is 2. The van der Waals surface area contributed by atoms with Crippen LogP contribution in [0.4, 0.5) is 5.69 Å². The van der Waals surface area contributed by atoms with Crippen LogP contribution in [0.5, 0.6) is 0 Å². The maximum absolute atomic E-state index is 12.1. The van der Waals surface area contributed by atoms with E-state index in [1.54, 1.807) is 18.2 Å². The van der Waals surface area contributed by atoms with Crippen molar-refractivity contribution in [3.05, 3.63) is 48.0 Å². The largest absolute Gasteiger partial charge is 0.366 e. The summed E-state index contributed by atoms with van der Waals surface area (Å²) in [6.45, 7) is 0. The van der Waals surface area contributed by atoms with Crippen molar-refractivity contribution in [2.24, 2.45) is 11.7 Å². The highest BCUT2D eigenvalue weighted by atomic mass is 16.2. The van der Waals surface area contributed by atoms with Gasteiger partial charge in [0.1, 0.15) is 5.69 Å². The van der Waals surface area contributed by atoms with Crippen LogP contribution in [0.3, 0.4) is 0 Å². The van der Waals surface area contributed by atoms with Crippen LogP contribution >= 0.6 is 0 Å². The van der Waals surface area contributed by atoms with E-state index in [1.807, 2.05) is 24.3 Å². The molecular formula is C18H16N4O2. The summed E-state index contributed by atoms with van der Waals surface area (Å²) in [5.74, 6) is -0.324. The lowest BCUT2D eigenvalue weighted by Crippen LogP contribution is -2.14. The highest BCUT2D eigenvalue weighted by Crippen LogP contribution is 2.35. The number of nitrogens with one attached hydrogen (secondary N) is 2. The maximum Gasteiger partial charge on any atom is 0.248 e. The Morgan fingerprint density at radius 1 is 1.17 bits per heavy atom. The van der Waals surface area contributed by atoms with Crippen LogP contribution in [-0.4, -0.2) is 22.0 Å². The van der Waals surface area contributed by atoms with Crippen molar-refractivity contribution in [2.45, 2.75) is 12.8 Å². The minimum atomic E-state index is -0.487. The SMILES string of the molecule is NC(=O)c1ccc2[nH]nc(-c3ccccc3NC(=O)C3CC3)c2c1. The first-order valence-electron chi connectivity index (χ1n) is 7.81. The number of fused-ring (bicyclic) bond motifs is 1. The Kier molecular flexibility index (Phi) is 3.30. The molecule has 4 N–H and O–H groups in total. The van der Waals surface area contributed by atoms with Crippen LogP contribution in [0.2, 0.25) is 0 Å². The smallest absolute Gasteiger partial charge is 0.248 e. The number of carbonyl (C=O) groups is 2. The minimum Gasteiger partial charge on any atom is -0.366 e. The van der Waals surface area contributed by atoms with E-state index < -0.39 is 5.91 Å². The molecule has 24 heavy (non-hydrogen) atoms. The normalized spacial score (nSPS) is 13.8. The number of hydrogen-bond acceptors (Lipinski definition) is 3. The molecule has 0 aliphatic heterocycles. The number of anilines is 1. The van der Waals surface area contributed by atoms with E-state index in [-0.39, 0.29) is 11.8 Å². The molecule has 0 unspecified atom stereocenters. The molecule has 2 aromatic carbocycles. The first kappa shape index (κ1) is 14.4. The molecule has 0 bridgehead atoms. The second kappa shape index (κ2) is 5.49. The average Bonchev–Trinajstić information content (AvgIpc) is 3.35. The predicted octanol–water partition coefficient (Wildman–Crippen LogP) is 2.68. The molecule has 120 valence electrons. The Morgan fingerprint density at radius 2 is 1.96 bits per heavy atom.